The molecule has 2 rings (SSSR count). The van der Waals surface area contributed by atoms with Crippen molar-refractivity contribution in [3.63, 3.8) is 0 Å². The molecule has 0 saturated carbocycles. The van der Waals surface area contributed by atoms with Gasteiger partial charge in [0.15, 0.2) is 0 Å². The molecule has 0 amide bonds. The van der Waals surface area contributed by atoms with Crippen molar-refractivity contribution in [3.8, 4) is 17.3 Å². The fourth-order valence-corrected chi connectivity index (χ4v) is 1.64. The van der Waals surface area contributed by atoms with E-state index in [-0.39, 0.29) is 17.3 Å². The Morgan fingerprint density at radius 1 is 1.42 bits per heavy atom. The van der Waals surface area contributed by atoms with E-state index in [0.717, 1.165) is 12.1 Å². The number of nitrogens with zero attached hydrogens (tertiary/aromatic N) is 1. The van der Waals surface area contributed by atoms with Crippen LogP contribution in [0, 0.1) is 11.6 Å². The first kappa shape index (κ1) is 13.0. The van der Waals surface area contributed by atoms with E-state index in [4.69, 9.17) is 5.11 Å². The van der Waals surface area contributed by atoms with Gasteiger partial charge in [0.25, 0.3) is 0 Å². The number of nitrogens with one attached hydrogen (secondary N) is 1. The molecule has 1 aromatic heterocycles. The lowest BCUT2D eigenvalue weighted by atomic mass is 10.2. The molecule has 0 unspecified atom stereocenters. The Bertz CT molecular complexity index is 605. The smallest absolute Gasteiger partial charge is 0.449 e. The van der Waals surface area contributed by atoms with Crippen molar-refractivity contribution < 1.29 is 23.4 Å². The summed E-state index contributed by atoms with van der Waals surface area (Å²) in [7, 11) is 0. The number of H-pyrrole nitrogens is 1. The van der Waals surface area contributed by atoms with E-state index < -0.39 is 17.8 Å². The van der Waals surface area contributed by atoms with E-state index in [9.17, 15) is 13.6 Å². The van der Waals surface area contributed by atoms with E-state index in [0.29, 0.717) is 12.1 Å². The average Bonchev–Trinajstić information content (AvgIpc) is 2.71. The van der Waals surface area contributed by atoms with Gasteiger partial charge in [0.1, 0.15) is 17.5 Å². The molecule has 1 heterocycles. The van der Waals surface area contributed by atoms with Crippen LogP contribution in [-0.4, -0.2) is 21.2 Å². The Hall–Kier alpha value is -2.44. The number of rotatable bonds is 3. The Kier molecular flexibility index (Phi) is 3.46. The van der Waals surface area contributed by atoms with Crippen LogP contribution in [0.1, 0.15) is 12.6 Å². The molecule has 19 heavy (non-hydrogen) atoms. The third-order valence-corrected chi connectivity index (χ3v) is 2.48. The second kappa shape index (κ2) is 5.05. The van der Waals surface area contributed by atoms with Crippen LogP contribution in [0.3, 0.4) is 0 Å². The molecule has 2 aromatic rings. The van der Waals surface area contributed by atoms with Crippen molar-refractivity contribution in [1.82, 2.24) is 9.97 Å². The maximum Gasteiger partial charge on any atom is 0.512 e. The molecule has 1 aromatic carbocycles. The van der Waals surface area contributed by atoms with Crippen LogP contribution < -0.4 is 4.74 Å². The Morgan fingerprint density at radius 2 is 2.05 bits per heavy atom. The molecule has 100 valence electrons. The molecule has 0 bridgehead atoms. The quantitative estimate of drug-likeness (QED) is 0.839. The number of halogens is 2. The largest absolute Gasteiger partial charge is 0.512 e. The molecule has 7 heteroatoms. The number of hydrogen-bond acceptors (Lipinski definition) is 3. The fraction of sp³-hybridized carbons (Fsp3) is 0.167. The first-order chi connectivity index (χ1) is 9.02. The van der Waals surface area contributed by atoms with Gasteiger partial charge >= 0.3 is 6.16 Å². The van der Waals surface area contributed by atoms with Crippen LogP contribution >= 0.6 is 0 Å². The molecule has 0 aliphatic rings. The van der Waals surface area contributed by atoms with Gasteiger partial charge in [-0.2, -0.15) is 4.98 Å². The van der Waals surface area contributed by atoms with Crippen LogP contribution in [0.2, 0.25) is 0 Å². The highest BCUT2D eigenvalue weighted by atomic mass is 19.1. The van der Waals surface area contributed by atoms with Gasteiger partial charge in [-0.3, -0.25) is 0 Å². The predicted molar refractivity (Wildman–Crippen MR) is 62.0 cm³/mol. The van der Waals surface area contributed by atoms with E-state index >= 15 is 0 Å². The summed E-state index contributed by atoms with van der Waals surface area (Å²) in [6.45, 7) is 1.73. The summed E-state index contributed by atoms with van der Waals surface area (Å²) in [4.78, 5) is 16.9. The van der Waals surface area contributed by atoms with Crippen molar-refractivity contribution >= 4 is 6.16 Å². The maximum absolute atomic E-state index is 13.6. The van der Waals surface area contributed by atoms with Crippen molar-refractivity contribution in [1.29, 1.82) is 0 Å². The van der Waals surface area contributed by atoms with Crippen molar-refractivity contribution in [2.45, 2.75) is 13.3 Å². The lowest BCUT2D eigenvalue weighted by Crippen LogP contribution is -2.04. The molecular formula is C12H10F2N2O3. The van der Waals surface area contributed by atoms with Gasteiger partial charge in [-0.15, -0.1) is 0 Å². The van der Waals surface area contributed by atoms with Gasteiger partial charge in [0, 0.05) is 0 Å². The standard InChI is InChI=1S/C12H10F2N2O3/c1-2-8-11(19-12(17)18)16-10(15-8)9-6(13)4-3-5-7(9)14/h3-5H,2H2,1H3,(H,15,16)(H,17,18). The van der Waals surface area contributed by atoms with Crippen LogP contribution in [0.15, 0.2) is 18.2 Å². The van der Waals surface area contributed by atoms with Gasteiger partial charge in [-0.1, -0.05) is 13.0 Å². The molecular weight excluding hydrogens is 258 g/mol. The summed E-state index contributed by atoms with van der Waals surface area (Å²) in [5.41, 5.74) is -0.00232. The minimum Gasteiger partial charge on any atom is -0.449 e. The summed E-state index contributed by atoms with van der Waals surface area (Å²) in [6, 6.07) is 3.40. The Balaban J connectivity index is 2.51. The molecule has 0 saturated heterocycles. The van der Waals surface area contributed by atoms with Crippen LogP contribution in [0.4, 0.5) is 13.6 Å². The SMILES string of the molecule is CCc1[nH]c(-c2c(F)cccc2F)nc1OC(=O)O. The highest BCUT2D eigenvalue weighted by molar-refractivity contribution is 5.63. The third kappa shape index (κ3) is 2.54. The number of aromatic nitrogens is 2. The first-order valence-corrected chi connectivity index (χ1v) is 5.47. The van der Waals surface area contributed by atoms with Gasteiger partial charge < -0.3 is 14.8 Å². The number of aromatic amines is 1. The number of benzene rings is 1. The summed E-state index contributed by atoms with van der Waals surface area (Å²) in [5, 5.41) is 8.55. The van der Waals surface area contributed by atoms with Gasteiger partial charge in [0.05, 0.1) is 11.3 Å². The zero-order chi connectivity index (χ0) is 14.0. The fourth-order valence-electron chi connectivity index (χ4n) is 1.64. The normalized spacial score (nSPS) is 10.5. The van der Waals surface area contributed by atoms with Crippen molar-refractivity contribution in [3.05, 3.63) is 35.5 Å². The monoisotopic (exact) mass is 268 g/mol. The summed E-state index contributed by atoms with van der Waals surface area (Å²) in [5.74, 6) is -1.90. The molecule has 2 N–H and O–H groups in total. The number of carbonyl (C=O) groups is 1. The second-order valence-corrected chi connectivity index (χ2v) is 3.69. The van der Waals surface area contributed by atoms with Crippen molar-refractivity contribution in [2.24, 2.45) is 0 Å². The average molecular weight is 268 g/mol. The number of aryl methyl sites for hydroxylation is 1. The molecule has 0 radical (unpaired) electrons. The van der Waals surface area contributed by atoms with E-state index in [1.807, 2.05) is 0 Å². The molecule has 0 fully saturated rings. The number of imidazole rings is 1. The highest BCUT2D eigenvalue weighted by Crippen LogP contribution is 2.27. The molecule has 0 atom stereocenters. The predicted octanol–water partition coefficient (Wildman–Crippen LogP) is 2.97. The van der Waals surface area contributed by atoms with Crippen LogP contribution in [0.5, 0.6) is 5.88 Å². The number of ether oxygens (including phenoxy) is 1. The molecule has 5 nitrogen and oxygen atoms in total. The minimum absolute atomic E-state index is 0.108. The van der Waals surface area contributed by atoms with Gasteiger partial charge in [-0.25, -0.2) is 13.6 Å². The zero-order valence-corrected chi connectivity index (χ0v) is 9.91. The van der Waals surface area contributed by atoms with Crippen molar-refractivity contribution in [2.75, 3.05) is 0 Å². The van der Waals surface area contributed by atoms with Gasteiger partial charge in [-0.05, 0) is 18.6 Å². The minimum atomic E-state index is -1.54. The highest BCUT2D eigenvalue weighted by Gasteiger charge is 2.19. The second-order valence-electron chi connectivity index (χ2n) is 3.69. The zero-order valence-electron chi connectivity index (χ0n) is 9.91. The lowest BCUT2D eigenvalue weighted by molar-refractivity contribution is 0.142. The molecule has 0 aliphatic carbocycles. The summed E-state index contributed by atoms with van der Waals surface area (Å²) < 4.78 is 31.6. The summed E-state index contributed by atoms with van der Waals surface area (Å²) >= 11 is 0. The summed E-state index contributed by atoms with van der Waals surface area (Å²) in [6.07, 6.45) is -1.16. The first-order valence-electron chi connectivity index (χ1n) is 5.47. The maximum atomic E-state index is 13.6. The third-order valence-electron chi connectivity index (χ3n) is 2.48. The topological polar surface area (TPSA) is 75.2 Å². The lowest BCUT2D eigenvalue weighted by Gasteiger charge is -2.00. The van der Waals surface area contributed by atoms with E-state index in [1.165, 1.54) is 6.07 Å². The van der Waals surface area contributed by atoms with Crippen LogP contribution in [0.25, 0.3) is 11.4 Å². The van der Waals surface area contributed by atoms with E-state index in [1.54, 1.807) is 6.92 Å². The Morgan fingerprint density at radius 3 is 2.58 bits per heavy atom. The van der Waals surface area contributed by atoms with Crippen LogP contribution in [-0.2, 0) is 6.42 Å². The van der Waals surface area contributed by atoms with Gasteiger partial charge in [0.2, 0.25) is 5.88 Å². The molecule has 0 spiro atoms. The van der Waals surface area contributed by atoms with E-state index in [2.05, 4.69) is 14.7 Å². The number of hydrogen-bond donors (Lipinski definition) is 2. The number of carboxylic acid groups (broad SMARTS) is 1. The molecule has 0 aliphatic heterocycles. The Labute approximate surface area is 106 Å².